The van der Waals surface area contributed by atoms with Gasteiger partial charge in [0.05, 0.1) is 13.7 Å². The van der Waals surface area contributed by atoms with Gasteiger partial charge in [0.2, 0.25) is 0 Å². The molecule has 0 spiro atoms. The average molecular weight is 329 g/mol. The molecular formula is C17H19N3O4. The lowest BCUT2D eigenvalue weighted by Crippen LogP contribution is -2.36. The molecule has 3 rings (SSSR count). The Kier molecular flexibility index (Phi) is 4.90. The van der Waals surface area contributed by atoms with E-state index in [4.69, 9.17) is 4.74 Å². The predicted molar refractivity (Wildman–Crippen MR) is 85.0 cm³/mol. The first-order valence-electron chi connectivity index (χ1n) is 7.75. The molecule has 0 amide bonds. The van der Waals surface area contributed by atoms with Crippen LogP contribution in [0.5, 0.6) is 0 Å². The van der Waals surface area contributed by atoms with Crippen LogP contribution in [0.25, 0.3) is 0 Å². The standard InChI is InChI=1S/C17H19N3O4/c1-23-16(21)14-10-20-8-7-13(18-9-15(20)19-14)17(22)24-11-12-5-3-2-4-6-12/h2-6,10,13,18H,7-9,11H2,1H3. The molecule has 0 radical (unpaired) electrons. The number of carbonyl (C=O) groups is 2. The summed E-state index contributed by atoms with van der Waals surface area (Å²) in [6.45, 7) is 1.23. The maximum absolute atomic E-state index is 12.2. The fourth-order valence-electron chi connectivity index (χ4n) is 2.61. The van der Waals surface area contributed by atoms with Crippen LogP contribution in [0.2, 0.25) is 0 Å². The van der Waals surface area contributed by atoms with E-state index >= 15 is 0 Å². The molecular weight excluding hydrogens is 310 g/mol. The number of carbonyl (C=O) groups excluding carboxylic acids is 2. The summed E-state index contributed by atoms with van der Waals surface area (Å²) in [5, 5.41) is 3.13. The highest BCUT2D eigenvalue weighted by atomic mass is 16.5. The topological polar surface area (TPSA) is 82.5 Å². The van der Waals surface area contributed by atoms with Crippen LogP contribution in [0.15, 0.2) is 36.5 Å². The molecule has 0 fully saturated rings. The van der Waals surface area contributed by atoms with Gasteiger partial charge in [-0.2, -0.15) is 0 Å². The third-order valence-corrected chi connectivity index (χ3v) is 3.93. The second kappa shape index (κ2) is 7.27. The fourth-order valence-corrected chi connectivity index (χ4v) is 2.61. The van der Waals surface area contributed by atoms with Gasteiger partial charge in [0.25, 0.3) is 0 Å². The fraction of sp³-hybridized carbons (Fsp3) is 0.353. The molecule has 0 bridgehead atoms. The van der Waals surface area contributed by atoms with E-state index < -0.39 is 12.0 Å². The van der Waals surface area contributed by atoms with Crippen molar-refractivity contribution in [1.82, 2.24) is 14.9 Å². The van der Waals surface area contributed by atoms with Gasteiger partial charge in [0, 0.05) is 12.7 Å². The summed E-state index contributed by atoms with van der Waals surface area (Å²) in [7, 11) is 1.32. The van der Waals surface area contributed by atoms with Crippen molar-refractivity contribution in [2.45, 2.75) is 32.2 Å². The third-order valence-electron chi connectivity index (χ3n) is 3.93. The molecule has 1 aliphatic heterocycles. The Morgan fingerprint density at radius 1 is 1.33 bits per heavy atom. The number of aryl methyl sites for hydroxylation is 1. The minimum Gasteiger partial charge on any atom is -0.464 e. The van der Waals surface area contributed by atoms with Crippen LogP contribution in [-0.2, 0) is 34.0 Å². The van der Waals surface area contributed by atoms with E-state index in [1.807, 2.05) is 34.9 Å². The monoisotopic (exact) mass is 329 g/mol. The number of imidazole rings is 1. The van der Waals surface area contributed by atoms with Gasteiger partial charge in [-0.05, 0) is 12.0 Å². The number of ether oxygens (including phenoxy) is 2. The van der Waals surface area contributed by atoms with E-state index in [9.17, 15) is 9.59 Å². The third kappa shape index (κ3) is 3.62. The van der Waals surface area contributed by atoms with Crippen LogP contribution in [0.1, 0.15) is 28.3 Å². The molecule has 2 heterocycles. The first-order valence-corrected chi connectivity index (χ1v) is 7.75. The summed E-state index contributed by atoms with van der Waals surface area (Å²) in [5.74, 6) is -0.0408. The number of methoxy groups -OCH3 is 1. The van der Waals surface area contributed by atoms with Crippen molar-refractivity contribution in [1.29, 1.82) is 0 Å². The van der Waals surface area contributed by atoms with Crippen molar-refractivity contribution >= 4 is 11.9 Å². The first-order chi connectivity index (χ1) is 11.7. The Labute approximate surface area is 139 Å². The highest BCUT2D eigenvalue weighted by Gasteiger charge is 2.25. The molecule has 1 aromatic heterocycles. The smallest absolute Gasteiger partial charge is 0.358 e. The molecule has 24 heavy (non-hydrogen) atoms. The van der Waals surface area contributed by atoms with Crippen LogP contribution in [0.3, 0.4) is 0 Å². The van der Waals surface area contributed by atoms with E-state index in [2.05, 4.69) is 15.0 Å². The number of nitrogens with one attached hydrogen (secondary N) is 1. The van der Waals surface area contributed by atoms with Gasteiger partial charge in [0.15, 0.2) is 5.69 Å². The number of nitrogens with zero attached hydrogens (tertiary/aromatic N) is 2. The lowest BCUT2D eigenvalue weighted by Gasteiger charge is -2.14. The van der Waals surface area contributed by atoms with Crippen LogP contribution >= 0.6 is 0 Å². The summed E-state index contributed by atoms with van der Waals surface area (Å²) >= 11 is 0. The van der Waals surface area contributed by atoms with Crippen LogP contribution in [0, 0.1) is 0 Å². The van der Waals surface area contributed by atoms with Gasteiger partial charge in [0.1, 0.15) is 18.5 Å². The molecule has 7 heteroatoms. The SMILES string of the molecule is COC(=O)c1cn2c(n1)CNC(C(=O)OCc1ccccc1)CC2. The normalized spacial score (nSPS) is 16.8. The van der Waals surface area contributed by atoms with E-state index in [1.54, 1.807) is 6.20 Å². The van der Waals surface area contributed by atoms with Gasteiger partial charge in [-0.1, -0.05) is 30.3 Å². The van der Waals surface area contributed by atoms with Gasteiger partial charge in [-0.15, -0.1) is 0 Å². The largest absolute Gasteiger partial charge is 0.464 e. The maximum Gasteiger partial charge on any atom is 0.358 e. The summed E-state index contributed by atoms with van der Waals surface area (Å²) < 4.78 is 11.9. The molecule has 1 aromatic carbocycles. The number of hydrogen-bond donors (Lipinski definition) is 1. The van der Waals surface area contributed by atoms with Crippen LogP contribution < -0.4 is 5.32 Å². The zero-order valence-electron chi connectivity index (χ0n) is 13.4. The molecule has 7 nitrogen and oxygen atoms in total. The molecule has 1 N–H and O–H groups in total. The lowest BCUT2D eigenvalue weighted by molar-refractivity contribution is -0.147. The first kappa shape index (κ1) is 16.2. The van der Waals surface area contributed by atoms with Crippen molar-refractivity contribution < 1.29 is 19.1 Å². The summed E-state index contributed by atoms with van der Waals surface area (Å²) in [4.78, 5) is 28.0. The quantitative estimate of drug-likeness (QED) is 0.851. The van der Waals surface area contributed by atoms with E-state index in [1.165, 1.54) is 7.11 Å². The van der Waals surface area contributed by atoms with E-state index in [0.717, 1.165) is 5.56 Å². The maximum atomic E-state index is 12.2. The highest BCUT2D eigenvalue weighted by molar-refractivity contribution is 5.87. The Hall–Kier alpha value is -2.67. The minimum atomic E-state index is -0.464. The van der Waals surface area contributed by atoms with E-state index in [0.29, 0.717) is 25.3 Å². The van der Waals surface area contributed by atoms with Gasteiger partial charge in [-0.25, -0.2) is 9.78 Å². The summed E-state index contributed by atoms with van der Waals surface area (Å²) in [6.07, 6.45) is 2.22. The Balaban J connectivity index is 1.57. The Morgan fingerprint density at radius 3 is 2.88 bits per heavy atom. The highest BCUT2D eigenvalue weighted by Crippen LogP contribution is 2.13. The molecule has 0 aliphatic carbocycles. The molecule has 0 saturated carbocycles. The van der Waals surface area contributed by atoms with Crippen molar-refractivity contribution in [3.05, 3.63) is 53.6 Å². The number of esters is 2. The molecule has 2 aromatic rings. The second-order valence-electron chi connectivity index (χ2n) is 5.54. The number of hydrogen-bond acceptors (Lipinski definition) is 6. The molecule has 1 unspecified atom stereocenters. The minimum absolute atomic E-state index is 0.259. The molecule has 0 saturated heterocycles. The number of aromatic nitrogens is 2. The predicted octanol–water partition coefficient (Wildman–Crippen LogP) is 1.27. The van der Waals surface area contributed by atoms with Crippen molar-refractivity contribution in [3.8, 4) is 0 Å². The van der Waals surface area contributed by atoms with Crippen molar-refractivity contribution in [3.63, 3.8) is 0 Å². The Morgan fingerprint density at radius 2 is 2.12 bits per heavy atom. The van der Waals surface area contributed by atoms with E-state index in [-0.39, 0.29) is 18.3 Å². The van der Waals surface area contributed by atoms with Gasteiger partial charge >= 0.3 is 11.9 Å². The van der Waals surface area contributed by atoms with Crippen LogP contribution in [0.4, 0.5) is 0 Å². The molecule has 126 valence electrons. The molecule has 1 atom stereocenters. The Bertz CT molecular complexity index is 701. The van der Waals surface area contributed by atoms with Crippen molar-refractivity contribution in [2.75, 3.05) is 7.11 Å². The molecule has 1 aliphatic rings. The van der Waals surface area contributed by atoms with Gasteiger partial charge < -0.3 is 14.0 Å². The number of benzene rings is 1. The number of rotatable bonds is 4. The summed E-state index contributed by atoms with van der Waals surface area (Å²) in [5.41, 5.74) is 1.23. The average Bonchev–Trinajstić information content (AvgIpc) is 2.93. The van der Waals surface area contributed by atoms with Crippen LogP contribution in [-0.4, -0.2) is 34.6 Å². The second-order valence-corrected chi connectivity index (χ2v) is 5.54. The zero-order chi connectivity index (χ0) is 16.9. The summed E-state index contributed by atoms with van der Waals surface area (Å²) in [6, 6.07) is 9.17. The zero-order valence-corrected chi connectivity index (χ0v) is 13.4. The van der Waals surface area contributed by atoms with Gasteiger partial charge in [-0.3, -0.25) is 10.1 Å². The lowest BCUT2D eigenvalue weighted by atomic mass is 10.2. The van der Waals surface area contributed by atoms with Crippen molar-refractivity contribution in [2.24, 2.45) is 0 Å². The number of fused-ring (bicyclic) bond motifs is 1.